The molecule has 1 atom stereocenters. The number of rotatable bonds is 1. The van der Waals surface area contributed by atoms with Crippen molar-refractivity contribution in [3.63, 3.8) is 0 Å². The van der Waals surface area contributed by atoms with Crippen LogP contribution in [0.3, 0.4) is 0 Å². The van der Waals surface area contributed by atoms with Crippen molar-refractivity contribution in [2.75, 3.05) is 7.05 Å². The fraction of sp³-hybridized carbons (Fsp3) is 0.500. The Labute approximate surface area is 109 Å². The van der Waals surface area contributed by atoms with Crippen LogP contribution in [0.15, 0.2) is 12.1 Å². The molecule has 0 bridgehead atoms. The van der Waals surface area contributed by atoms with Crippen LogP contribution >= 0.6 is 0 Å². The molecule has 0 saturated carbocycles. The molecule has 1 unspecified atom stereocenters. The van der Waals surface area contributed by atoms with Crippen LogP contribution in [0.1, 0.15) is 28.8 Å². The van der Waals surface area contributed by atoms with Gasteiger partial charge in [-0.15, -0.1) is 0 Å². The average molecular weight is 242 g/mol. The highest BCUT2D eigenvalue weighted by Crippen LogP contribution is 2.33. The highest BCUT2D eigenvalue weighted by atomic mass is 15.0. The molecule has 96 valence electrons. The second-order valence-electron chi connectivity index (χ2n) is 5.62. The summed E-state index contributed by atoms with van der Waals surface area (Å²) in [7, 11) is 4.31. The zero-order valence-electron chi connectivity index (χ0n) is 11.8. The van der Waals surface area contributed by atoms with E-state index in [1.807, 2.05) is 0 Å². The zero-order valence-corrected chi connectivity index (χ0v) is 11.8. The van der Waals surface area contributed by atoms with Gasteiger partial charge in [-0.25, -0.2) is 0 Å². The van der Waals surface area contributed by atoms with Crippen molar-refractivity contribution in [2.45, 2.75) is 39.2 Å². The molecule has 1 aromatic heterocycles. The van der Waals surface area contributed by atoms with Crippen LogP contribution in [0.2, 0.25) is 0 Å². The molecule has 0 spiro atoms. The van der Waals surface area contributed by atoms with Gasteiger partial charge in [0.2, 0.25) is 0 Å². The minimum atomic E-state index is 0.643. The number of aryl methyl sites for hydroxylation is 3. The van der Waals surface area contributed by atoms with Gasteiger partial charge in [0.25, 0.3) is 0 Å². The minimum absolute atomic E-state index is 0.643. The molecule has 1 N–H and O–H groups in total. The molecule has 18 heavy (non-hydrogen) atoms. The van der Waals surface area contributed by atoms with E-state index in [2.05, 4.69) is 50.0 Å². The summed E-state index contributed by atoms with van der Waals surface area (Å²) in [6, 6.07) is 5.22. The maximum absolute atomic E-state index is 3.44. The van der Waals surface area contributed by atoms with Crippen LogP contribution in [-0.4, -0.2) is 17.7 Å². The van der Waals surface area contributed by atoms with Crippen molar-refractivity contribution in [3.05, 3.63) is 34.5 Å². The lowest BCUT2D eigenvalue weighted by Gasteiger charge is -2.22. The van der Waals surface area contributed by atoms with Crippen LogP contribution in [-0.2, 0) is 19.9 Å². The number of benzene rings is 1. The topological polar surface area (TPSA) is 17.0 Å². The summed E-state index contributed by atoms with van der Waals surface area (Å²) < 4.78 is 2.43. The smallest absolute Gasteiger partial charge is 0.0515 e. The summed E-state index contributed by atoms with van der Waals surface area (Å²) in [5, 5.41) is 4.90. The molecular formula is C16H22N2. The number of fused-ring (bicyclic) bond motifs is 3. The first-order valence-electron chi connectivity index (χ1n) is 6.87. The minimum Gasteiger partial charge on any atom is -0.347 e. The van der Waals surface area contributed by atoms with Gasteiger partial charge in [-0.1, -0.05) is 12.1 Å². The van der Waals surface area contributed by atoms with Gasteiger partial charge in [-0.05, 0) is 56.8 Å². The van der Waals surface area contributed by atoms with Crippen LogP contribution in [0.25, 0.3) is 10.9 Å². The highest BCUT2D eigenvalue weighted by Gasteiger charge is 2.24. The standard InChI is InChI=1S/C16H22N2/c1-10-5-7-13-14-9-12(17-3)6-8-15(14)18(4)16(13)11(10)2/h5,7,12,17H,6,8-9H2,1-4H3. The number of hydrogen-bond donors (Lipinski definition) is 1. The summed E-state index contributed by atoms with van der Waals surface area (Å²) >= 11 is 0. The Bertz CT molecular complexity index is 607. The van der Waals surface area contributed by atoms with E-state index in [1.54, 1.807) is 11.3 Å². The summed E-state index contributed by atoms with van der Waals surface area (Å²) in [4.78, 5) is 0. The van der Waals surface area contributed by atoms with Gasteiger partial charge >= 0.3 is 0 Å². The monoisotopic (exact) mass is 242 g/mol. The molecule has 1 heterocycles. The summed E-state index contributed by atoms with van der Waals surface area (Å²) in [6.07, 6.45) is 3.63. The zero-order chi connectivity index (χ0) is 12.9. The van der Waals surface area contributed by atoms with Crippen molar-refractivity contribution >= 4 is 10.9 Å². The number of hydrogen-bond acceptors (Lipinski definition) is 1. The van der Waals surface area contributed by atoms with Crippen molar-refractivity contribution in [2.24, 2.45) is 7.05 Å². The Balaban J connectivity index is 2.28. The summed E-state index contributed by atoms with van der Waals surface area (Å²) in [5.74, 6) is 0. The molecule has 2 heteroatoms. The summed E-state index contributed by atoms with van der Waals surface area (Å²) in [6.45, 7) is 4.45. The van der Waals surface area contributed by atoms with E-state index >= 15 is 0 Å². The van der Waals surface area contributed by atoms with Crippen molar-refractivity contribution in [3.8, 4) is 0 Å². The Morgan fingerprint density at radius 3 is 2.78 bits per heavy atom. The normalized spacial score (nSPS) is 19.2. The first kappa shape index (κ1) is 11.8. The molecule has 2 nitrogen and oxygen atoms in total. The molecule has 2 aromatic rings. The first-order chi connectivity index (χ1) is 8.63. The lowest BCUT2D eigenvalue weighted by atomic mass is 9.91. The number of aromatic nitrogens is 1. The second kappa shape index (κ2) is 4.13. The quantitative estimate of drug-likeness (QED) is 0.813. The molecule has 0 radical (unpaired) electrons. The predicted octanol–water partition coefficient (Wildman–Crippen LogP) is 2.87. The SMILES string of the molecule is CNC1CCc2c(c3ccc(C)c(C)c3n2C)C1. The maximum Gasteiger partial charge on any atom is 0.0515 e. The van der Waals surface area contributed by atoms with Gasteiger partial charge < -0.3 is 9.88 Å². The molecule has 1 aliphatic carbocycles. The Morgan fingerprint density at radius 2 is 2.06 bits per heavy atom. The van der Waals surface area contributed by atoms with Gasteiger partial charge in [0.15, 0.2) is 0 Å². The van der Waals surface area contributed by atoms with Crippen LogP contribution in [0.4, 0.5) is 0 Å². The van der Waals surface area contributed by atoms with Gasteiger partial charge in [0.1, 0.15) is 0 Å². The molecule has 1 aliphatic rings. The van der Waals surface area contributed by atoms with Crippen molar-refractivity contribution in [1.82, 2.24) is 9.88 Å². The lowest BCUT2D eigenvalue weighted by Crippen LogP contribution is -2.31. The number of nitrogens with zero attached hydrogens (tertiary/aromatic N) is 1. The average Bonchev–Trinajstić information content (AvgIpc) is 2.67. The third-order valence-electron chi connectivity index (χ3n) is 4.70. The van der Waals surface area contributed by atoms with E-state index in [4.69, 9.17) is 0 Å². The van der Waals surface area contributed by atoms with Crippen LogP contribution in [0, 0.1) is 13.8 Å². The fourth-order valence-corrected chi connectivity index (χ4v) is 3.42. The van der Waals surface area contributed by atoms with Crippen molar-refractivity contribution < 1.29 is 0 Å². The molecular weight excluding hydrogens is 220 g/mol. The Morgan fingerprint density at radius 1 is 1.28 bits per heavy atom. The Kier molecular flexibility index (Phi) is 2.70. The van der Waals surface area contributed by atoms with Crippen LogP contribution < -0.4 is 5.32 Å². The largest absolute Gasteiger partial charge is 0.347 e. The van der Waals surface area contributed by atoms with E-state index < -0.39 is 0 Å². The third kappa shape index (κ3) is 1.52. The number of likely N-dealkylation sites (N-methyl/N-ethyl adjacent to an activating group) is 1. The Hall–Kier alpha value is -1.28. The van der Waals surface area contributed by atoms with E-state index in [0.29, 0.717) is 6.04 Å². The fourth-order valence-electron chi connectivity index (χ4n) is 3.42. The van der Waals surface area contributed by atoms with E-state index in [-0.39, 0.29) is 0 Å². The maximum atomic E-state index is 3.44. The van der Waals surface area contributed by atoms with Crippen molar-refractivity contribution in [1.29, 1.82) is 0 Å². The van der Waals surface area contributed by atoms with Gasteiger partial charge in [0.05, 0.1) is 5.52 Å². The third-order valence-corrected chi connectivity index (χ3v) is 4.70. The first-order valence-corrected chi connectivity index (χ1v) is 6.87. The lowest BCUT2D eigenvalue weighted by molar-refractivity contribution is 0.488. The number of nitrogens with one attached hydrogen (secondary N) is 1. The predicted molar refractivity (Wildman–Crippen MR) is 77.3 cm³/mol. The van der Waals surface area contributed by atoms with Crippen LogP contribution in [0.5, 0.6) is 0 Å². The van der Waals surface area contributed by atoms with Gasteiger partial charge in [0, 0.05) is 24.2 Å². The molecule has 0 fully saturated rings. The molecule has 0 aliphatic heterocycles. The second-order valence-corrected chi connectivity index (χ2v) is 5.62. The molecule has 0 saturated heterocycles. The van der Waals surface area contributed by atoms with Gasteiger partial charge in [-0.2, -0.15) is 0 Å². The molecule has 1 aromatic carbocycles. The highest BCUT2D eigenvalue weighted by molar-refractivity contribution is 5.89. The van der Waals surface area contributed by atoms with E-state index in [1.165, 1.54) is 41.3 Å². The summed E-state index contributed by atoms with van der Waals surface area (Å²) in [5.41, 5.74) is 7.39. The van der Waals surface area contributed by atoms with E-state index in [0.717, 1.165) is 0 Å². The molecule has 0 amide bonds. The molecule has 3 rings (SSSR count). The van der Waals surface area contributed by atoms with Gasteiger partial charge in [-0.3, -0.25) is 0 Å². The van der Waals surface area contributed by atoms with E-state index in [9.17, 15) is 0 Å².